The predicted octanol–water partition coefficient (Wildman–Crippen LogP) is 3.23. The Bertz CT molecular complexity index is 646. The van der Waals surface area contributed by atoms with Crippen molar-refractivity contribution in [2.24, 2.45) is 4.99 Å². The highest BCUT2D eigenvalue weighted by Gasteiger charge is 2.42. The molecular weight excluding hydrogens is 291 g/mol. The van der Waals surface area contributed by atoms with Crippen molar-refractivity contribution in [2.45, 2.75) is 29.3 Å². The number of sulfone groups is 1. The van der Waals surface area contributed by atoms with Crippen molar-refractivity contribution in [1.29, 1.82) is 0 Å². The molecule has 0 bridgehead atoms. The van der Waals surface area contributed by atoms with E-state index in [0.29, 0.717) is 0 Å². The summed E-state index contributed by atoms with van der Waals surface area (Å²) in [4.78, 5) is 2.38. The lowest BCUT2D eigenvalue weighted by atomic mass is 10.2. The van der Waals surface area contributed by atoms with E-state index in [1.165, 1.54) is 18.4 Å². The summed E-state index contributed by atoms with van der Waals surface area (Å²) < 4.78 is 62.4. The maximum Gasteiger partial charge on any atom is 0.416 e. The Kier molecular flexibility index (Phi) is 3.49. The van der Waals surface area contributed by atoms with Gasteiger partial charge in [-0.1, -0.05) is 6.92 Å². The fourth-order valence-electron chi connectivity index (χ4n) is 1.99. The van der Waals surface area contributed by atoms with Crippen LogP contribution >= 0.6 is 0 Å². The van der Waals surface area contributed by atoms with Crippen LogP contribution in [0.15, 0.2) is 46.3 Å². The van der Waals surface area contributed by atoms with Crippen LogP contribution < -0.4 is 0 Å². The normalized spacial score (nSPS) is 22.4. The summed E-state index contributed by atoms with van der Waals surface area (Å²) >= 11 is 0. The molecule has 7 heteroatoms. The minimum Gasteiger partial charge on any atom is -0.266 e. The van der Waals surface area contributed by atoms with Gasteiger partial charge in [-0.05, 0) is 42.8 Å². The topological polar surface area (TPSA) is 46.5 Å². The SMILES string of the molecule is CCC1(S(=O)(=O)c2ccc(C(F)(F)F)cc2)C=CC=N1. The molecule has 20 heavy (non-hydrogen) atoms. The molecule has 1 atom stereocenters. The van der Waals surface area contributed by atoms with Crippen LogP contribution in [0.5, 0.6) is 0 Å². The van der Waals surface area contributed by atoms with Crippen molar-refractivity contribution < 1.29 is 21.6 Å². The lowest BCUT2D eigenvalue weighted by molar-refractivity contribution is -0.137. The first-order chi connectivity index (χ1) is 9.23. The first-order valence-electron chi connectivity index (χ1n) is 5.88. The maximum atomic E-state index is 12.5. The quantitative estimate of drug-likeness (QED) is 0.860. The summed E-state index contributed by atoms with van der Waals surface area (Å²) in [7, 11) is -3.86. The Hall–Kier alpha value is -1.63. The Morgan fingerprint density at radius 1 is 1.20 bits per heavy atom. The Morgan fingerprint density at radius 2 is 1.80 bits per heavy atom. The van der Waals surface area contributed by atoms with E-state index in [1.807, 2.05) is 0 Å². The Labute approximate surface area is 114 Å². The maximum absolute atomic E-state index is 12.5. The van der Waals surface area contributed by atoms with Gasteiger partial charge in [-0.15, -0.1) is 0 Å². The molecule has 1 heterocycles. The van der Waals surface area contributed by atoms with E-state index >= 15 is 0 Å². The molecule has 1 aromatic carbocycles. The minimum absolute atomic E-state index is 0.170. The third-order valence-corrected chi connectivity index (χ3v) is 5.55. The number of hydrogen-bond donors (Lipinski definition) is 0. The fraction of sp³-hybridized carbons (Fsp3) is 0.308. The fourth-order valence-corrected chi connectivity index (χ4v) is 3.73. The van der Waals surface area contributed by atoms with E-state index in [9.17, 15) is 21.6 Å². The molecule has 0 radical (unpaired) electrons. The summed E-state index contributed by atoms with van der Waals surface area (Å²) in [6.07, 6.45) is 0.0653. The highest BCUT2D eigenvalue weighted by molar-refractivity contribution is 7.93. The second-order valence-corrected chi connectivity index (χ2v) is 6.55. The van der Waals surface area contributed by atoms with Gasteiger partial charge in [-0.2, -0.15) is 13.2 Å². The second kappa shape index (κ2) is 4.73. The lowest BCUT2D eigenvalue weighted by Gasteiger charge is -2.22. The Balaban J connectivity index is 2.46. The average molecular weight is 303 g/mol. The third kappa shape index (κ3) is 2.26. The highest BCUT2D eigenvalue weighted by Crippen LogP contribution is 2.35. The zero-order valence-electron chi connectivity index (χ0n) is 10.6. The number of allylic oxidation sites excluding steroid dienone is 1. The molecular formula is C13H12F3NO2S. The third-order valence-electron chi connectivity index (χ3n) is 3.20. The van der Waals surface area contributed by atoms with E-state index in [-0.39, 0.29) is 11.3 Å². The van der Waals surface area contributed by atoms with Crippen LogP contribution in [0.1, 0.15) is 18.9 Å². The van der Waals surface area contributed by atoms with Gasteiger partial charge in [0.25, 0.3) is 0 Å². The average Bonchev–Trinajstić information content (AvgIpc) is 2.88. The smallest absolute Gasteiger partial charge is 0.266 e. The first kappa shape index (κ1) is 14.8. The van der Waals surface area contributed by atoms with Crippen LogP contribution in [0.4, 0.5) is 13.2 Å². The van der Waals surface area contributed by atoms with E-state index in [2.05, 4.69) is 4.99 Å². The van der Waals surface area contributed by atoms with Gasteiger partial charge in [0.1, 0.15) is 0 Å². The summed E-state index contributed by atoms with van der Waals surface area (Å²) in [5.41, 5.74) is -0.882. The van der Waals surface area contributed by atoms with Crippen molar-refractivity contribution in [3.05, 3.63) is 42.0 Å². The van der Waals surface area contributed by atoms with Crippen molar-refractivity contribution in [1.82, 2.24) is 0 Å². The summed E-state index contributed by atoms with van der Waals surface area (Å²) in [6.45, 7) is 1.66. The molecule has 0 spiro atoms. The van der Waals surface area contributed by atoms with Gasteiger partial charge in [-0.3, -0.25) is 4.99 Å². The molecule has 0 aliphatic carbocycles. The molecule has 0 aromatic heterocycles. The van der Waals surface area contributed by atoms with Gasteiger partial charge in [0.2, 0.25) is 9.84 Å². The molecule has 0 amide bonds. The molecule has 108 valence electrons. The largest absolute Gasteiger partial charge is 0.416 e. The number of aliphatic imine (C=N–C) groups is 1. The predicted molar refractivity (Wildman–Crippen MR) is 69.3 cm³/mol. The van der Waals surface area contributed by atoms with Crippen LogP contribution in [0.2, 0.25) is 0 Å². The van der Waals surface area contributed by atoms with Crippen LogP contribution in [-0.2, 0) is 16.0 Å². The number of halogens is 3. The van der Waals surface area contributed by atoms with E-state index < -0.39 is 26.4 Å². The molecule has 0 N–H and O–H groups in total. The standard InChI is InChI=1S/C13H12F3NO2S/c1-2-12(8-3-9-17-12)20(18,19)11-6-4-10(5-7-11)13(14,15)16/h3-9H,2H2,1H3. The van der Waals surface area contributed by atoms with Crippen LogP contribution in [-0.4, -0.2) is 19.5 Å². The molecule has 0 saturated heterocycles. The molecule has 2 rings (SSSR count). The highest BCUT2D eigenvalue weighted by atomic mass is 32.2. The van der Waals surface area contributed by atoms with Gasteiger partial charge >= 0.3 is 6.18 Å². The molecule has 1 aliphatic heterocycles. The zero-order valence-corrected chi connectivity index (χ0v) is 11.4. The summed E-state index contributed by atoms with van der Waals surface area (Å²) in [5, 5.41) is 0. The van der Waals surface area contributed by atoms with Crippen molar-refractivity contribution in [3.63, 3.8) is 0 Å². The summed E-state index contributed by atoms with van der Waals surface area (Å²) in [5.74, 6) is 0. The van der Waals surface area contributed by atoms with E-state index in [4.69, 9.17) is 0 Å². The lowest BCUT2D eigenvalue weighted by Crippen LogP contribution is -2.32. The van der Waals surface area contributed by atoms with E-state index in [0.717, 1.165) is 24.3 Å². The zero-order chi connectivity index (χ0) is 15.0. The van der Waals surface area contributed by atoms with Gasteiger partial charge in [0.05, 0.1) is 10.5 Å². The molecule has 1 unspecified atom stereocenters. The van der Waals surface area contributed by atoms with Crippen LogP contribution in [0.3, 0.4) is 0 Å². The monoisotopic (exact) mass is 303 g/mol. The number of benzene rings is 1. The van der Waals surface area contributed by atoms with Crippen molar-refractivity contribution >= 4 is 16.1 Å². The number of rotatable bonds is 3. The molecule has 1 aliphatic rings. The number of alkyl halides is 3. The second-order valence-electron chi connectivity index (χ2n) is 4.36. The van der Waals surface area contributed by atoms with Crippen LogP contribution in [0.25, 0.3) is 0 Å². The van der Waals surface area contributed by atoms with Gasteiger partial charge in [0, 0.05) is 6.21 Å². The minimum atomic E-state index is -4.49. The number of hydrogen-bond acceptors (Lipinski definition) is 3. The first-order valence-corrected chi connectivity index (χ1v) is 7.36. The number of nitrogens with zero attached hydrogens (tertiary/aromatic N) is 1. The van der Waals surface area contributed by atoms with E-state index in [1.54, 1.807) is 6.92 Å². The molecule has 0 fully saturated rings. The van der Waals surface area contributed by atoms with Crippen LogP contribution in [0, 0.1) is 0 Å². The van der Waals surface area contributed by atoms with Gasteiger partial charge in [0.15, 0.2) is 4.87 Å². The van der Waals surface area contributed by atoms with Crippen molar-refractivity contribution in [3.8, 4) is 0 Å². The van der Waals surface area contributed by atoms with Crippen molar-refractivity contribution in [2.75, 3.05) is 0 Å². The molecule has 1 aromatic rings. The van der Waals surface area contributed by atoms with Gasteiger partial charge in [-0.25, -0.2) is 8.42 Å². The van der Waals surface area contributed by atoms with Gasteiger partial charge < -0.3 is 0 Å². The summed E-state index contributed by atoms with van der Waals surface area (Å²) in [6, 6.07) is 3.46. The Morgan fingerprint density at radius 3 is 2.20 bits per heavy atom. The molecule has 3 nitrogen and oxygen atoms in total. The molecule has 0 saturated carbocycles.